The van der Waals surface area contributed by atoms with Crippen LogP contribution >= 0.6 is 0 Å². The quantitative estimate of drug-likeness (QED) is 0.234. The van der Waals surface area contributed by atoms with E-state index in [0.717, 1.165) is 37.0 Å². The molecule has 2 fully saturated rings. The van der Waals surface area contributed by atoms with E-state index < -0.39 is 0 Å². The number of hydrogen-bond acceptors (Lipinski definition) is 2. The van der Waals surface area contributed by atoms with E-state index in [1.807, 2.05) is 0 Å². The molecule has 0 radical (unpaired) electrons. The van der Waals surface area contributed by atoms with Gasteiger partial charge in [0.25, 0.3) is 0 Å². The molecule has 2 nitrogen and oxygen atoms in total. The third kappa shape index (κ3) is 8.87. The van der Waals surface area contributed by atoms with Crippen LogP contribution in [0.4, 0.5) is 0 Å². The molecule has 0 aromatic carbocycles. The predicted molar refractivity (Wildman–Crippen MR) is 119 cm³/mol. The van der Waals surface area contributed by atoms with Crippen molar-refractivity contribution in [2.45, 2.75) is 129 Å². The second kappa shape index (κ2) is 14.5. The van der Waals surface area contributed by atoms with E-state index in [1.54, 1.807) is 0 Å². The van der Waals surface area contributed by atoms with Gasteiger partial charge in [0.15, 0.2) is 0 Å². The summed E-state index contributed by atoms with van der Waals surface area (Å²) in [7, 11) is 0. The molecular weight excluding hydrogens is 344 g/mol. The van der Waals surface area contributed by atoms with Gasteiger partial charge in [-0.25, -0.2) is 0 Å². The van der Waals surface area contributed by atoms with E-state index in [2.05, 4.69) is 13.8 Å². The lowest BCUT2D eigenvalue weighted by molar-refractivity contribution is -0.150. The van der Waals surface area contributed by atoms with Crippen LogP contribution in [0.15, 0.2) is 0 Å². The minimum absolute atomic E-state index is 0.103. The molecule has 0 aromatic rings. The molecule has 2 saturated carbocycles. The summed E-state index contributed by atoms with van der Waals surface area (Å²) < 4.78 is 5.62. The summed E-state index contributed by atoms with van der Waals surface area (Å²) in [6.07, 6.45) is 23.6. The van der Waals surface area contributed by atoms with E-state index >= 15 is 0 Å². The van der Waals surface area contributed by atoms with Crippen LogP contribution in [0.25, 0.3) is 0 Å². The van der Waals surface area contributed by atoms with Crippen molar-refractivity contribution in [2.24, 2.45) is 23.7 Å². The van der Waals surface area contributed by atoms with E-state index in [4.69, 9.17) is 4.74 Å². The summed E-state index contributed by atoms with van der Waals surface area (Å²) in [4.78, 5) is 12.4. The average Bonchev–Trinajstić information content (AvgIpc) is 2.72. The highest BCUT2D eigenvalue weighted by atomic mass is 16.5. The van der Waals surface area contributed by atoms with Crippen LogP contribution in [-0.4, -0.2) is 12.6 Å². The van der Waals surface area contributed by atoms with Crippen LogP contribution < -0.4 is 0 Å². The van der Waals surface area contributed by atoms with Crippen molar-refractivity contribution >= 4 is 5.97 Å². The Morgan fingerprint density at radius 1 is 0.750 bits per heavy atom. The Morgan fingerprint density at radius 3 is 1.93 bits per heavy atom. The summed E-state index contributed by atoms with van der Waals surface area (Å²) in [5.41, 5.74) is 0. The summed E-state index contributed by atoms with van der Waals surface area (Å²) >= 11 is 0. The maximum Gasteiger partial charge on any atom is 0.308 e. The molecule has 28 heavy (non-hydrogen) atoms. The van der Waals surface area contributed by atoms with Crippen LogP contribution in [0.2, 0.25) is 0 Å². The standard InChI is InChI=1S/C26H48O2/c1-3-4-5-6-7-8-9-10-11-14-21-28-26(27)24-19-17-23(18-20-24)25-16-13-12-15-22(25)2/h22-25H,3-21H2,1-2H3. The van der Waals surface area contributed by atoms with Crippen LogP contribution in [0.1, 0.15) is 129 Å². The Labute approximate surface area is 175 Å². The lowest BCUT2D eigenvalue weighted by Gasteiger charge is -2.38. The third-order valence-electron chi connectivity index (χ3n) is 7.63. The molecule has 2 atom stereocenters. The minimum atomic E-state index is 0.103. The zero-order valence-corrected chi connectivity index (χ0v) is 19.1. The molecule has 0 saturated heterocycles. The molecule has 0 bridgehead atoms. The second-order valence-electron chi connectivity index (χ2n) is 9.89. The van der Waals surface area contributed by atoms with Crippen LogP contribution in [0.3, 0.4) is 0 Å². The maximum absolute atomic E-state index is 12.4. The minimum Gasteiger partial charge on any atom is -0.465 e. The summed E-state index contributed by atoms with van der Waals surface area (Å²) in [6, 6.07) is 0. The summed E-state index contributed by atoms with van der Waals surface area (Å²) in [6.45, 7) is 5.38. The molecule has 2 aliphatic rings. The maximum atomic E-state index is 12.4. The largest absolute Gasteiger partial charge is 0.465 e. The number of unbranched alkanes of at least 4 members (excludes halogenated alkanes) is 9. The first kappa shape index (κ1) is 23.7. The molecule has 0 amide bonds. The van der Waals surface area contributed by atoms with Gasteiger partial charge < -0.3 is 4.74 Å². The number of rotatable bonds is 13. The lowest BCUT2D eigenvalue weighted by atomic mass is 9.67. The molecule has 0 aromatic heterocycles. The van der Waals surface area contributed by atoms with E-state index in [0.29, 0.717) is 6.61 Å². The molecule has 2 heteroatoms. The van der Waals surface area contributed by atoms with Crippen LogP contribution in [0, 0.1) is 23.7 Å². The van der Waals surface area contributed by atoms with Crippen molar-refractivity contribution < 1.29 is 9.53 Å². The number of esters is 1. The Hall–Kier alpha value is -0.530. The van der Waals surface area contributed by atoms with Crippen molar-refractivity contribution in [3.05, 3.63) is 0 Å². The first-order chi connectivity index (χ1) is 13.7. The number of hydrogen-bond donors (Lipinski definition) is 0. The van der Waals surface area contributed by atoms with Gasteiger partial charge in [-0.15, -0.1) is 0 Å². The molecule has 2 rings (SSSR count). The zero-order chi connectivity index (χ0) is 20.0. The Kier molecular flexibility index (Phi) is 12.3. The Bertz CT molecular complexity index is 397. The fraction of sp³-hybridized carbons (Fsp3) is 0.962. The number of carbonyl (C=O) groups excluding carboxylic acids is 1. The van der Waals surface area contributed by atoms with Gasteiger partial charge in [-0.1, -0.05) is 90.9 Å². The highest BCUT2D eigenvalue weighted by Crippen LogP contribution is 2.42. The average molecular weight is 393 g/mol. The van der Waals surface area contributed by atoms with Gasteiger partial charge in [-0.2, -0.15) is 0 Å². The van der Waals surface area contributed by atoms with Gasteiger partial charge in [0, 0.05) is 0 Å². The topological polar surface area (TPSA) is 26.3 Å². The first-order valence-electron chi connectivity index (χ1n) is 12.9. The number of ether oxygens (including phenoxy) is 1. The molecule has 2 unspecified atom stereocenters. The molecule has 0 N–H and O–H groups in total. The SMILES string of the molecule is CCCCCCCCCCCCOC(=O)C1CCC(C2CCCCC2C)CC1. The summed E-state index contributed by atoms with van der Waals surface area (Å²) in [5.74, 6) is 3.00. The van der Waals surface area contributed by atoms with Crippen molar-refractivity contribution in [3.8, 4) is 0 Å². The molecule has 0 spiro atoms. The van der Waals surface area contributed by atoms with Gasteiger partial charge in [0.2, 0.25) is 0 Å². The van der Waals surface area contributed by atoms with Gasteiger partial charge >= 0.3 is 5.97 Å². The molecule has 0 heterocycles. The van der Waals surface area contributed by atoms with Crippen LogP contribution in [0.5, 0.6) is 0 Å². The van der Waals surface area contributed by atoms with E-state index in [-0.39, 0.29) is 11.9 Å². The van der Waals surface area contributed by atoms with Crippen molar-refractivity contribution in [1.29, 1.82) is 0 Å². The van der Waals surface area contributed by atoms with Gasteiger partial charge in [-0.3, -0.25) is 4.79 Å². The molecule has 2 aliphatic carbocycles. The van der Waals surface area contributed by atoms with Gasteiger partial charge in [0.05, 0.1) is 12.5 Å². The van der Waals surface area contributed by atoms with E-state index in [9.17, 15) is 4.79 Å². The molecular formula is C26H48O2. The Morgan fingerprint density at radius 2 is 1.32 bits per heavy atom. The second-order valence-corrected chi connectivity index (χ2v) is 9.89. The third-order valence-corrected chi connectivity index (χ3v) is 7.63. The summed E-state index contributed by atoms with van der Waals surface area (Å²) in [5, 5.41) is 0. The van der Waals surface area contributed by atoms with Crippen molar-refractivity contribution in [2.75, 3.05) is 6.61 Å². The first-order valence-corrected chi connectivity index (χ1v) is 12.9. The van der Waals surface area contributed by atoms with Crippen molar-refractivity contribution in [1.82, 2.24) is 0 Å². The highest BCUT2D eigenvalue weighted by Gasteiger charge is 2.34. The monoisotopic (exact) mass is 392 g/mol. The fourth-order valence-corrected chi connectivity index (χ4v) is 5.71. The van der Waals surface area contributed by atoms with E-state index in [1.165, 1.54) is 96.3 Å². The molecule has 0 aliphatic heterocycles. The number of carbonyl (C=O) groups is 1. The fourth-order valence-electron chi connectivity index (χ4n) is 5.71. The zero-order valence-electron chi connectivity index (χ0n) is 19.1. The van der Waals surface area contributed by atoms with Gasteiger partial charge in [-0.05, 0) is 56.3 Å². The van der Waals surface area contributed by atoms with Crippen LogP contribution in [-0.2, 0) is 9.53 Å². The Balaban J connectivity index is 1.45. The van der Waals surface area contributed by atoms with Crippen molar-refractivity contribution in [3.63, 3.8) is 0 Å². The normalized spacial score (nSPS) is 28.2. The lowest BCUT2D eigenvalue weighted by Crippen LogP contribution is -2.31. The highest BCUT2D eigenvalue weighted by molar-refractivity contribution is 5.72. The smallest absolute Gasteiger partial charge is 0.308 e. The molecule has 164 valence electrons. The predicted octanol–water partition coefficient (Wildman–Crippen LogP) is 8.08. The van der Waals surface area contributed by atoms with Gasteiger partial charge in [0.1, 0.15) is 0 Å².